The molecular formula is C28H31ClO3. The van der Waals surface area contributed by atoms with Crippen LogP contribution in [0.25, 0.3) is 11.1 Å². The summed E-state index contributed by atoms with van der Waals surface area (Å²) in [6, 6.07) is 19.0. The van der Waals surface area contributed by atoms with Crippen molar-refractivity contribution in [3.63, 3.8) is 0 Å². The van der Waals surface area contributed by atoms with Crippen LogP contribution in [0, 0.1) is 0 Å². The number of rotatable bonds is 4. The summed E-state index contributed by atoms with van der Waals surface area (Å²) >= 11 is 6.27. The predicted octanol–water partition coefficient (Wildman–Crippen LogP) is 7.83. The van der Waals surface area contributed by atoms with Gasteiger partial charge in [0.1, 0.15) is 11.5 Å². The fourth-order valence-corrected chi connectivity index (χ4v) is 3.82. The maximum atomic E-state index is 13.6. The van der Waals surface area contributed by atoms with Crippen LogP contribution < -0.4 is 9.47 Å². The lowest BCUT2D eigenvalue weighted by atomic mass is 9.79. The molecule has 0 saturated heterocycles. The van der Waals surface area contributed by atoms with E-state index in [0.717, 1.165) is 28.0 Å². The Balaban J connectivity index is 2.18. The molecule has 0 fully saturated rings. The van der Waals surface area contributed by atoms with Crippen molar-refractivity contribution in [1.29, 1.82) is 0 Å². The van der Waals surface area contributed by atoms with Gasteiger partial charge in [0.25, 0.3) is 0 Å². The van der Waals surface area contributed by atoms with Crippen molar-refractivity contribution in [2.24, 2.45) is 0 Å². The van der Waals surface area contributed by atoms with Crippen LogP contribution >= 0.6 is 11.6 Å². The molecule has 32 heavy (non-hydrogen) atoms. The highest BCUT2D eigenvalue weighted by Gasteiger charge is 2.30. The van der Waals surface area contributed by atoms with Gasteiger partial charge in [0.15, 0.2) is 0 Å². The van der Waals surface area contributed by atoms with Gasteiger partial charge in [-0.15, -0.1) is 0 Å². The van der Waals surface area contributed by atoms with E-state index in [9.17, 15) is 4.79 Å². The third-order valence-electron chi connectivity index (χ3n) is 5.40. The Morgan fingerprint density at radius 3 is 1.88 bits per heavy atom. The summed E-state index contributed by atoms with van der Waals surface area (Å²) in [6.45, 7) is 12.6. The van der Waals surface area contributed by atoms with Crippen LogP contribution in [-0.4, -0.2) is 13.1 Å². The molecule has 168 valence electrons. The van der Waals surface area contributed by atoms with Crippen molar-refractivity contribution in [3.05, 3.63) is 82.4 Å². The minimum atomic E-state index is -0.437. The summed E-state index contributed by atoms with van der Waals surface area (Å²) in [6.07, 6.45) is 0. The molecule has 0 saturated carbocycles. The molecule has 0 heterocycles. The van der Waals surface area contributed by atoms with Crippen LogP contribution in [0.4, 0.5) is 0 Å². The number of esters is 1. The number of hydrogen-bond acceptors (Lipinski definition) is 3. The van der Waals surface area contributed by atoms with Crippen molar-refractivity contribution in [2.75, 3.05) is 7.11 Å². The molecule has 0 spiro atoms. The lowest BCUT2D eigenvalue weighted by Gasteiger charge is -2.30. The largest absolute Gasteiger partial charge is 0.497 e. The third kappa shape index (κ3) is 5.16. The monoisotopic (exact) mass is 450 g/mol. The fourth-order valence-electron chi connectivity index (χ4n) is 3.65. The van der Waals surface area contributed by atoms with E-state index in [1.165, 1.54) is 0 Å². The van der Waals surface area contributed by atoms with Gasteiger partial charge in [0.05, 0.1) is 12.7 Å². The average molecular weight is 451 g/mol. The normalized spacial score (nSPS) is 11.9. The Morgan fingerprint density at radius 2 is 1.38 bits per heavy atom. The van der Waals surface area contributed by atoms with E-state index in [4.69, 9.17) is 21.1 Å². The number of hydrogen-bond donors (Lipinski definition) is 0. The summed E-state index contributed by atoms with van der Waals surface area (Å²) in [5.74, 6) is 0.884. The lowest BCUT2D eigenvalue weighted by Crippen LogP contribution is -2.22. The van der Waals surface area contributed by atoms with Gasteiger partial charge in [-0.25, -0.2) is 4.79 Å². The van der Waals surface area contributed by atoms with Crippen molar-refractivity contribution in [1.82, 2.24) is 0 Å². The van der Waals surface area contributed by atoms with Gasteiger partial charge in [0, 0.05) is 16.1 Å². The second-order valence-corrected chi connectivity index (χ2v) is 10.4. The first-order chi connectivity index (χ1) is 14.9. The number of ether oxygens (including phenoxy) is 2. The van der Waals surface area contributed by atoms with Crippen LogP contribution in [0.1, 0.15) is 63.0 Å². The van der Waals surface area contributed by atoms with Crippen LogP contribution in [0.2, 0.25) is 5.02 Å². The van der Waals surface area contributed by atoms with Gasteiger partial charge in [-0.1, -0.05) is 89.5 Å². The van der Waals surface area contributed by atoms with Gasteiger partial charge >= 0.3 is 5.97 Å². The molecule has 3 aromatic rings. The molecule has 0 aliphatic carbocycles. The molecule has 3 rings (SSSR count). The smallest absolute Gasteiger partial charge is 0.344 e. The minimum Gasteiger partial charge on any atom is -0.497 e. The highest BCUT2D eigenvalue weighted by molar-refractivity contribution is 6.31. The zero-order valence-electron chi connectivity index (χ0n) is 19.9. The van der Waals surface area contributed by atoms with Gasteiger partial charge in [-0.3, -0.25) is 0 Å². The van der Waals surface area contributed by atoms with Gasteiger partial charge in [-0.2, -0.15) is 0 Å². The standard InChI is InChI=1S/C28H31ClO3/c1-27(2,3)23-16-20(31-7)17-24(28(4,5)6)25(23)32-26(30)22-15-19(29)13-14-21(22)18-11-9-8-10-12-18/h8-17H,1-7H3. The molecule has 3 nitrogen and oxygen atoms in total. The Kier molecular flexibility index (Phi) is 6.71. The van der Waals surface area contributed by atoms with E-state index in [-0.39, 0.29) is 10.8 Å². The fraction of sp³-hybridized carbons (Fsp3) is 0.321. The van der Waals surface area contributed by atoms with Gasteiger partial charge in [-0.05, 0) is 46.2 Å². The first-order valence-electron chi connectivity index (χ1n) is 10.7. The predicted molar refractivity (Wildman–Crippen MR) is 132 cm³/mol. The lowest BCUT2D eigenvalue weighted by molar-refractivity contribution is 0.0729. The highest BCUT2D eigenvalue weighted by Crippen LogP contribution is 2.43. The van der Waals surface area contributed by atoms with E-state index in [1.54, 1.807) is 19.2 Å². The Hall–Kier alpha value is -2.78. The van der Waals surface area contributed by atoms with Crippen molar-refractivity contribution in [3.8, 4) is 22.6 Å². The van der Waals surface area contributed by atoms with E-state index < -0.39 is 5.97 Å². The first kappa shape index (κ1) is 23.9. The summed E-state index contributed by atoms with van der Waals surface area (Å²) in [7, 11) is 1.65. The van der Waals surface area contributed by atoms with E-state index in [2.05, 4.69) is 41.5 Å². The third-order valence-corrected chi connectivity index (χ3v) is 5.63. The number of benzene rings is 3. The molecule has 0 N–H and O–H groups in total. The zero-order chi connectivity index (χ0) is 23.7. The Labute approximate surface area is 196 Å². The van der Waals surface area contributed by atoms with Crippen LogP contribution in [0.15, 0.2) is 60.7 Å². The van der Waals surface area contributed by atoms with Crippen molar-refractivity contribution in [2.45, 2.75) is 52.4 Å². The average Bonchev–Trinajstić information content (AvgIpc) is 2.72. The first-order valence-corrected chi connectivity index (χ1v) is 11.1. The molecule has 0 aliphatic heterocycles. The van der Waals surface area contributed by atoms with Crippen molar-refractivity contribution >= 4 is 17.6 Å². The highest BCUT2D eigenvalue weighted by atomic mass is 35.5. The summed E-state index contributed by atoms with van der Waals surface area (Å²) < 4.78 is 11.7. The summed E-state index contributed by atoms with van der Waals surface area (Å²) in [5, 5.41) is 0.485. The van der Waals surface area contributed by atoms with Crippen LogP contribution in [0.3, 0.4) is 0 Å². The Bertz CT molecular complexity index is 1080. The molecule has 0 unspecified atom stereocenters. The molecule has 0 bridgehead atoms. The quantitative estimate of drug-likeness (QED) is 0.300. The van der Waals surface area contributed by atoms with Crippen LogP contribution in [-0.2, 0) is 10.8 Å². The molecule has 0 radical (unpaired) electrons. The maximum Gasteiger partial charge on any atom is 0.344 e. The number of carbonyl (C=O) groups is 1. The molecule has 0 aliphatic rings. The van der Waals surface area contributed by atoms with Crippen molar-refractivity contribution < 1.29 is 14.3 Å². The molecule has 4 heteroatoms. The zero-order valence-corrected chi connectivity index (χ0v) is 20.6. The number of halogens is 1. The van der Waals surface area contributed by atoms with Gasteiger partial charge < -0.3 is 9.47 Å². The van der Waals surface area contributed by atoms with E-state index >= 15 is 0 Å². The Morgan fingerprint density at radius 1 is 0.812 bits per heavy atom. The maximum absolute atomic E-state index is 13.6. The van der Waals surface area contributed by atoms with E-state index in [1.807, 2.05) is 48.5 Å². The SMILES string of the molecule is COc1cc(C(C)(C)C)c(OC(=O)c2cc(Cl)ccc2-c2ccccc2)c(C(C)(C)C)c1. The second-order valence-electron chi connectivity index (χ2n) is 10.00. The van der Waals surface area contributed by atoms with Crippen LogP contribution in [0.5, 0.6) is 11.5 Å². The van der Waals surface area contributed by atoms with Gasteiger partial charge in [0.2, 0.25) is 0 Å². The summed E-state index contributed by atoms with van der Waals surface area (Å²) in [4.78, 5) is 13.6. The second kappa shape index (κ2) is 8.99. The molecular weight excluding hydrogens is 420 g/mol. The minimum absolute atomic E-state index is 0.263. The molecule has 0 aromatic heterocycles. The molecule has 3 aromatic carbocycles. The molecule has 0 atom stereocenters. The summed E-state index contributed by atoms with van der Waals surface area (Å²) in [5.41, 5.74) is 3.44. The number of methoxy groups -OCH3 is 1. The number of carbonyl (C=O) groups excluding carboxylic acids is 1. The van der Waals surface area contributed by atoms with E-state index in [0.29, 0.717) is 16.3 Å². The molecule has 0 amide bonds. The topological polar surface area (TPSA) is 35.5 Å².